The van der Waals surface area contributed by atoms with Gasteiger partial charge in [0.15, 0.2) is 0 Å². The van der Waals surface area contributed by atoms with Crippen LogP contribution in [0.4, 0.5) is 0 Å². The monoisotopic (exact) mass is 234 g/mol. The third-order valence-electron chi connectivity index (χ3n) is 2.81. The van der Waals surface area contributed by atoms with Gasteiger partial charge in [-0.05, 0) is 38.4 Å². The number of rotatable bonds is 10. The molecule has 0 saturated heterocycles. The molecule has 2 nitrogen and oxygen atoms in total. The van der Waals surface area contributed by atoms with Crippen LogP contribution in [0.3, 0.4) is 0 Å². The van der Waals surface area contributed by atoms with Crippen LogP contribution < -0.4 is 5.32 Å². The van der Waals surface area contributed by atoms with Gasteiger partial charge in [0.1, 0.15) is 0 Å². The summed E-state index contributed by atoms with van der Waals surface area (Å²) in [7, 11) is 0. The van der Waals surface area contributed by atoms with Crippen molar-refractivity contribution < 1.29 is 0 Å². The third kappa shape index (κ3) is 9.16. The Hall–Kier alpha value is 0.210. The molecule has 0 aromatic rings. The molecular weight excluding hydrogens is 208 g/mol. The Bertz CT molecular complexity index is 127. The Kier molecular flexibility index (Phi) is 10.9. The van der Waals surface area contributed by atoms with Crippen molar-refractivity contribution in [2.24, 2.45) is 5.92 Å². The van der Waals surface area contributed by atoms with Gasteiger partial charge in [-0.15, -0.1) is 11.6 Å². The highest BCUT2D eigenvalue weighted by Crippen LogP contribution is 2.05. The molecule has 0 aromatic heterocycles. The maximum Gasteiger partial charge on any atom is 0.0249 e. The number of hydrogen-bond acceptors (Lipinski definition) is 2. The summed E-state index contributed by atoms with van der Waals surface area (Å²) in [5.74, 6) is 1.45. The van der Waals surface area contributed by atoms with E-state index >= 15 is 0 Å². The molecule has 1 unspecified atom stereocenters. The molecule has 0 amide bonds. The van der Waals surface area contributed by atoms with Crippen LogP contribution in [0.5, 0.6) is 0 Å². The second kappa shape index (κ2) is 10.7. The van der Waals surface area contributed by atoms with Gasteiger partial charge in [0.2, 0.25) is 0 Å². The van der Waals surface area contributed by atoms with E-state index in [1.54, 1.807) is 0 Å². The molecule has 0 bridgehead atoms. The van der Waals surface area contributed by atoms with Crippen LogP contribution in [-0.2, 0) is 0 Å². The lowest BCUT2D eigenvalue weighted by Crippen LogP contribution is -2.32. The molecular formula is C12H27ClN2. The second-order valence-electron chi connectivity index (χ2n) is 4.18. The summed E-state index contributed by atoms with van der Waals surface area (Å²) >= 11 is 5.74. The smallest absolute Gasteiger partial charge is 0.0249 e. The van der Waals surface area contributed by atoms with Gasteiger partial charge >= 0.3 is 0 Å². The average molecular weight is 235 g/mol. The van der Waals surface area contributed by atoms with Crippen molar-refractivity contribution in [3.8, 4) is 0 Å². The number of likely N-dealkylation sites (N-methyl/N-ethyl adjacent to an activating group) is 1. The number of halogens is 1. The van der Waals surface area contributed by atoms with Crippen molar-refractivity contribution in [2.75, 3.05) is 38.6 Å². The molecule has 0 aliphatic heterocycles. The van der Waals surface area contributed by atoms with Crippen LogP contribution in [0.2, 0.25) is 0 Å². The Morgan fingerprint density at radius 2 is 1.87 bits per heavy atom. The quantitative estimate of drug-likeness (QED) is 0.462. The normalized spacial score (nSPS) is 13.4. The van der Waals surface area contributed by atoms with Gasteiger partial charge in [0, 0.05) is 19.0 Å². The highest BCUT2D eigenvalue weighted by Gasteiger charge is 2.00. The van der Waals surface area contributed by atoms with Crippen molar-refractivity contribution in [1.29, 1.82) is 0 Å². The first-order chi connectivity index (χ1) is 7.24. The zero-order valence-electron chi connectivity index (χ0n) is 10.6. The summed E-state index contributed by atoms with van der Waals surface area (Å²) in [5, 5.41) is 3.48. The Morgan fingerprint density at radius 1 is 1.20 bits per heavy atom. The zero-order valence-corrected chi connectivity index (χ0v) is 11.3. The maximum atomic E-state index is 5.74. The van der Waals surface area contributed by atoms with Crippen LogP contribution in [0.25, 0.3) is 0 Å². The van der Waals surface area contributed by atoms with Gasteiger partial charge < -0.3 is 10.2 Å². The average Bonchev–Trinajstić information content (AvgIpc) is 2.28. The molecule has 0 rings (SSSR count). The van der Waals surface area contributed by atoms with E-state index in [-0.39, 0.29) is 0 Å². The SMILES string of the molecule is CCN(CC)CCNCCCC(C)CCl. The molecule has 0 aliphatic carbocycles. The van der Waals surface area contributed by atoms with E-state index in [0.717, 1.165) is 38.6 Å². The highest BCUT2D eigenvalue weighted by molar-refractivity contribution is 6.18. The van der Waals surface area contributed by atoms with Gasteiger partial charge in [0.05, 0.1) is 0 Å². The fourth-order valence-corrected chi connectivity index (χ4v) is 1.71. The maximum absolute atomic E-state index is 5.74. The summed E-state index contributed by atoms with van der Waals surface area (Å²) in [4.78, 5) is 2.44. The van der Waals surface area contributed by atoms with E-state index in [4.69, 9.17) is 11.6 Å². The fraction of sp³-hybridized carbons (Fsp3) is 1.00. The van der Waals surface area contributed by atoms with Gasteiger partial charge in [-0.2, -0.15) is 0 Å². The van der Waals surface area contributed by atoms with Gasteiger partial charge in [-0.25, -0.2) is 0 Å². The first-order valence-electron chi connectivity index (χ1n) is 6.23. The lowest BCUT2D eigenvalue weighted by molar-refractivity contribution is 0.302. The summed E-state index contributed by atoms with van der Waals surface area (Å²) in [6.45, 7) is 12.3. The van der Waals surface area contributed by atoms with Crippen LogP contribution in [0.15, 0.2) is 0 Å². The van der Waals surface area contributed by atoms with Crippen molar-refractivity contribution in [3.05, 3.63) is 0 Å². The summed E-state index contributed by atoms with van der Waals surface area (Å²) in [6, 6.07) is 0. The Labute approximate surface area is 100 Å². The topological polar surface area (TPSA) is 15.3 Å². The molecule has 0 aliphatic rings. The minimum atomic E-state index is 0.663. The molecule has 0 spiro atoms. The molecule has 92 valence electrons. The van der Waals surface area contributed by atoms with Crippen LogP contribution in [-0.4, -0.2) is 43.5 Å². The predicted molar refractivity (Wildman–Crippen MR) is 69.8 cm³/mol. The molecule has 0 radical (unpaired) electrons. The van der Waals surface area contributed by atoms with E-state index in [0.29, 0.717) is 5.92 Å². The third-order valence-corrected chi connectivity index (χ3v) is 3.34. The first-order valence-corrected chi connectivity index (χ1v) is 6.77. The van der Waals surface area contributed by atoms with Gasteiger partial charge in [-0.3, -0.25) is 0 Å². The van der Waals surface area contributed by atoms with Crippen molar-refractivity contribution in [1.82, 2.24) is 10.2 Å². The largest absolute Gasteiger partial charge is 0.315 e. The molecule has 0 saturated carbocycles. The Morgan fingerprint density at radius 3 is 2.40 bits per heavy atom. The predicted octanol–water partition coefficient (Wildman–Crippen LogP) is 2.57. The van der Waals surface area contributed by atoms with Crippen LogP contribution in [0.1, 0.15) is 33.6 Å². The highest BCUT2D eigenvalue weighted by atomic mass is 35.5. The Balaban J connectivity index is 3.17. The van der Waals surface area contributed by atoms with Crippen molar-refractivity contribution in [2.45, 2.75) is 33.6 Å². The number of alkyl halides is 1. The number of nitrogens with zero attached hydrogens (tertiary/aromatic N) is 1. The lowest BCUT2D eigenvalue weighted by Gasteiger charge is -2.18. The van der Waals surface area contributed by atoms with Crippen molar-refractivity contribution >= 4 is 11.6 Å². The molecule has 15 heavy (non-hydrogen) atoms. The van der Waals surface area contributed by atoms with Crippen LogP contribution in [0, 0.1) is 5.92 Å². The minimum absolute atomic E-state index is 0.663. The molecule has 3 heteroatoms. The van der Waals surface area contributed by atoms with E-state index in [9.17, 15) is 0 Å². The standard InChI is InChI=1S/C12H27ClN2/c1-4-15(5-2)10-9-14-8-6-7-12(3)11-13/h12,14H,4-11H2,1-3H3. The van der Waals surface area contributed by atoms with Gasteiger partial charge in [0.25, 0.3) is 0 Å². The van der Waals surface area contributed by atoms with Crippen LogP contribution >= 0.6 is 11.6 Å². The van der Waals surface area contributed by atoms with E-state index in [2.05, 4.69) is 31.0 Å². The minimum Gasteiger partial charge on any atom is -0.315 e. The molecule has 1 atom stereocenters. The number of hydrogen-bond donors (Lipinski definition) is 1. The molecule has 0 fully saturated rings. The fourth-order valence-electron chi connectivity index (χ4n) is 1.55. The molecule has 0 heterocycles. The zero-order chi connectivity index (χ0) is 11.5. The summed E-state index contributed by atoms with van der Waals surface area (Å²) in [5.41, 5.74) is 0. The van der Waals surface area contributed by atoms with E-state index in [1.807, 2.05) is 0 Å². The van der Waals surface area contributed by atoms with Gasteiger partial charge in [-0.1, -0.05) is 20.8 Å². The molecule has 1 N–H and O–H groups in total. The summed E-state index contributed by atoms with van der Waals surface area (Å²) in [6.07, 6.45) is 2.48. The molecule has 0 aromatic carbocycles. The van der Waals surface area contributed by atoms with E-state index < -0.39 is 0 Å². The first kappa shape index (κ1) is 15.2. The second-order valence-corrected chi connectivity index (χ2v) is 4.49. The van der Waals surface area contributed by atoms with E-state index in [1.165, 1.54) is 12.8 Å². The summed E-state index contributed by atoms with van der Waals surface area (Å²) < 4.78 is 0. The lowest BCUT2D eigenvalue weighted by atomic mass is 10.1. The number of nitrogens with one attached hydrogen (secondary N) is 1. The van der Waals surface area contributed by atoms with Crippen molar-refractivity contribution in [3.63, 3.8) is 0 Å².